The summed E-state index contributed by atoms with van der Waals surface area (Å²) >= 11 is 6.20. The molecular formula is C20H16ClN5O3. The molecule has 0 spiro atoms. The Bertz CT molecular complexity index is 1440. The van der Waals surface area contributed by atoms with Gasteiger partial charge in [-0.25, -0.2) is 4.98 Å². The fraction of sp³-hybridized carbons (Fsp3) is 0.250. The fourth-order valence-electron chi connectivity index (χ4n) is 3.75. The first-order valence-corrected chi connectivity index (χ1v) is 9.51. The van der Waals surface area contributed by atoms with Crippen molar-refractivity contribution in [1.29, 1.82) is 0 Å². The van der Waals surface area contributed by atoms with Crippen molar-refractivity contribution in [2.45, 2.75) is 24.8 Å². The molecule has 146 valence electrons. The Hall–Kier alpha value is -3.28. The molecule has 5 rings (SSSR count). The monoisotopic (exact) mass is 409 g/mol. The normalized spacial score (nSPS) is 19.1. The molecule has 1 aliphatic rings. The second-order valence-electron chi connectivity index (χ2n) is 7.00. The molecule has 1 aliphatic heterocycles. The van der Waals surface area contributed by atoms with Crippen LogP contribution in [0.15, 0.2) is 23.1 Å². The minimum atomic E-state index is -0.641. The van der Waals surface area contributed by atoms with E-state index < -0.39 is 5.91 Å². The highest BCUT2D eigenvalue weighted by atomic mass is 35.5. The molecule has 4 N–H and O–H groups in total. The Balaban J connectivity index is 1.81. The molecular weight excluding hydrogens is 394 g/mol. The van der Waals surface area contributed by atoms with Gasteiger partial charge in [0.15, 0.2) is 5.65 Å². The van der Waals surface area contributed by atoms with E-state index in [0.29, 0.717) is 40.1 Å². The molecule has 0 saturated carbocycles. The molecule has 0 aliphatic carbocycles. The summed E-state index contributed by atoms with van der Waals surface area (Å²) in [6.45, 7) is 2.47. The van der Waals surface area contributed by atoms with Crippen LogP contribution >= 0.6 is 11.6 Å². The van der Waals surface area contributed by atoms with Crippen LogP contribution in [0.4, 0.5) is 0 Å². The summed E-state index contributed by atoms with van der Waals surface area (Å²) in [5.41, 5.74) is 9.32. The molecule has 1 amide bonds. The molecule has 8 nitrogen and oxygen atoms in total. The minimum Gasteiger partial charge on any atom is -0.365 e. The number of primary amides is 1. The van der Waals surface area contributed by atoms with Crippen LogP contribution < -0.4 is 11.2 Å². The van der Waals surface area contributed by atoms with Gasteiger partial charge in [-0.3, -0.25) is 14.0 Å². The van der Waals surface area contributed by atoms with Crippen LogP contribution in [0, 0.1) is 18.8 Å². The third kappa shape index (κ3) is 2.63. The lowest BCUT2D eigenvalue weighted by Gasteiger charge is -2.04. The van der Waals surface area contributed by atoms with Crippen LogP contribution in [0.5, 0.6) is 0 Å². The lowest BCUT2D eigenvalue weighted by molar-refractivity contribution is 0.100. The number of H-pyrrole nitrogens is 2. The average Bonchev–Trinajstić information content (AvgIpc) is 3.35. The number of amides is 1. The molecule has 9 heteroatoms. The molecule has 1 aromatic carbocycles. The van der Waals surface area contributed by atoms with E-state index in [4.69, 9.17) is 22.1 Å². The summed E-state index contributed by atoms with van der Waals surface area (Å²) in [7, 11) is 0. The van der Waals surface area contributed by atoms with Crippen LogP contribution in [0.2, 0.25) is 0 Å². The third-order valence-electron chi connectivity index (χ3n) is 5.13. The van der Waals surface area contributed by atoms with Gasteiger partial charge in [0.25, 0.3) is 5.91 Å². The van der Waals surface area contributed by atoms with E-state index >= 15 is 0 Å². The second kappa shape index (κ2) is 6.37. The number of aromatic nitrogens is 4. The largest absolute Gasteiger partial charge is 0.365 e. The summed E-state index contributed by atoms with van der Waals surface area (Å²) in [5.74, 6) is 5.40. The first-order chi connectivity index (χ1) is 14.0. The molecule has 1 fully saturated rings. The van der Waals surface area contributed by atoms with Gasteiger partial charge >= 0.3 is 0 Å². The van der Waals surface area contributed by atoms with E-state index in [9.17, 15) is 9.59 Å². The van der Waals surface area contributed by atoms with Gasteiger partial charge < -0.3 is 20.4 Å². The van der Waals surface area contributed by atoms with E-state index in [1.807, 2.05) is 6.92 Å². The minimum absolute atomic E-state index is 0.141. The van der Waals surface area contributed by atoms with Crippen molar-refractivity contribution in [2.75, 3.05) is 6.61 Å². The summed E-state index contributed by atoms with van der Waals surface area (Å²) in [6.07, 6.45) is 2.08. The van der Waals surface area contributed by atoms with Crippen molar-refractivity contribution in [3.05, 3.63) is 45.4 Å². The van der Waals surface area contributed by atoms with Gasteiger partial charge in [0.2, 0.25) is 5.43 Å². The van der Waals surface area contributed by atoms with Crippen molar-refractivity contribution in [1.82, 2.24) is 19.4 Å². The number of rotatable bonds is 1. The van der Waals surface area contributed by atoms with Crippen LogP contribution in [-0.4, -0.2) is 43.3 Å². The van der Waals surface area contributed by atoms with Crippen LogP contribution in [0.25, 0.3) is 27.8 Å². The molecule has 1 saturated heterocycles. The van der Waals surface area contributed by atoms with Crippen LogP contribution in [0.3, 0.4) is 0 Å². The highest BCUT2D eigenvalue weighted by Gasteiger charge is 2.25. The number of fused-ring (bicyclic) bond motifs is 5. The molecule has 3 aromatic heterocycles. The quantitative estimate of drug-likeness (QED) is 0.328. The van der Waals surface area contributed by atoms with Gasteiger partial charge in [-0.1, -0.05) is 12.0 Å². The van der Waals surface area contributed by atoms with Crippen LogP contribution in [0.1, 0.15) is 28.0 Å². The van der Waals surface area contributed by atoms with Crippen LogP contribution in [-0.2, 0) is 4.74 Å². The number of carbonyl (C=O) groups excluding carboxylic acids is 1. The first-order valence-electron chi connectivity index (χ1n) is 9.08. The standard InChI is InChI=1S/C20H16ClN5O3/c1-9-2-4-12(27)15-17(9)26-19(25-15)14(18(22)28)16-20(26)24-10(8-23-16)3-5-13-11(21)6-7-29-13/h2,4,8,11,13,23-24H,6-7H2,1H3,(H2,22,28). The number of nitrogens with zero attached hydrogens (tertiary/aromatic N) is 2. The van der Waals surface area contributed by atoms with Gasteiger partial charge in [-0.15, -0.1) is 11.6 Å². The Labute approximate surface area is 169 Å². The molecule has 0 radical (unpaired) electrons. The number of nitrogens with two attached hydrogens (primary N) is 1. The molecule has 4 aromatic rings. The van der Waals surface area contributed by atoms with Crippen molar-refractivity contribution < 1.29 is 9.53 Å². The lowest BCUT2D eigenvalue weighted by Crippen LogP contribution is -2.12. The smallest absolute Gasteiger partial charge is 0.254 e. The average molecular weight is 410 g/mol. The van der Waals surface area contributed by atoms with Crippen molar-refractivity contribution in [2.24, 2.45) is 5.73 Å². The van der Waals surface area contributed by atoms with E-state index in [1.165, 1.54) is 6.07 Å². The number of aryl methyl sites for hydroxylation is 1. The number of benzene rings is 1. The zero-order valence-electron chi connectivity index (χ0n) is 15.4. The van der Waals surface area contributed by atoms with E-state index in [2.05, 4.69) is 26.8 Å². The lowest BCUT2D eigenvalue weighted by atomic mass is 10.2. The number of imidazole rings is 1. The third-order valence-corrected chi connectivity index (χ3v) is 5.58. The number of aromatic amines is 2. The van der Waals surface area contributed by atoms with E-state index in [-0.39, 0.29) is 22.5 Å². The second-order valence-corrected chi connectivity index (χ2v) is 7.56. The highest BCUT2D eigenvalue weighted by Crippen LogP contribution is 2.28. The predicted molar refractivity (Wildman–Crippen MR) is 109 cm³/mol. The number of alkyl halides is 1. The maximum absolute atomic E-state index is 12.3. The maximum atomic E-state index is 12.3. The number of hydrogen-bond acceptors (Lipinski definition) is 4. The molecule has 4 heterocycles. The molecule has 2 atom stereocenters. The zero-order valence-corrected chi connectivity index (χ0v) is 16.1. The van der Waals surface area contributed by atoms with Crippen molar-refractivity contribution in [3.8, 4) is 11.8 Å². The number of hydrogen-bond donors (Lipinski definition) is 3. The predicted octanol–water partition coefficient (Wildman–Crippen LogP) is 1.81. The number of ether oxygens (including phenoxy) is 1. The SMILES string of the molecule is Cc1ccc(=O)c2nc3c(C(N)=O)c4[nH]cc(C#CC5OCCC5Cl)[nH]c4n3c12. The fourth-order valence-corrected chi connectivity index (χ4v) is 3.98. The highest BCUT2D eigenvalue weighted by molar-refractivity contribution is 6.21. The van der Waals surface area contributed by atoms with Gasteiger partial charge in [0, 0.05) is 12.8 Å². The Morgan fingerprint density at radius 1 is 1.45 bits per heavy atom. The van der Waals surface area contributed by atoms with Crippen molar-refractivity contribution >= 4 is 45.4 Å². The van der Waals surface area contributed by atoms with Gasteiger partial charge in [0.1, 0.15) is 28.5 Å². The van der Waals surface area contributed by atoms with Gasteiger partial charge in [0.05, 0.1) is 16.4 Å². The topological polar surface area (TPSA) is 118 Å². The molecule has 29 heavy (non-hydrogen) atoms. The Morgan fingerprint density at radius 3 is 3.00 bits per heavy atom. The van der Waals surface area contributed by atoms with E-state index in [1.54, 1.807) is 16.7 Å². The maximum Gasteiger partial charge on any atom is 0.254 e. The van der Waals surface area contributed by atoms with Gasteiger partial charge in [-0.2, -0.15) is 0 Å². The number of nitrogens with one attached hydrogen (secondary N) is 2. The Morgan fingerprint density at radius 2 is 2.28 bits per heavy atom. The summed E-state index contributed by atoms with van der Waals surface area (Å²) in [5, 5.41) is -0.141. The number of halogens is 1. The van der Waals surface area contributed by atoms with Crippen molar-refractivity contribution in [3.63, 3.8) is 0 Å². The summed E-state index contributed by atoms with van der Waals surface area (Å²) < 4.78 is 7.25. The number of carbonyl (C=O) groups is 1. The van der Waals surface area contributed by atoms with Gasteiger partial charge in [-0.05, 0) is 30.9 Å². The first kappa shape index (κ1) is 17.8. The molecule has 2 unspecified atom stereocenters. The Kier molecular flexibility index (Phi) is 3.91. The molecule has 0 bridgehead atoms. The zero-order chi connectivity index (χ0) is 20.3. The summed E-state index contributed by atoms with van der Waals surface area (Å²) in [6, 6.07) is 3.19. The summed E-state index contributed by atoms with van der Waals surface area (Å²) in [4.78, 5) is 35.2. The van der Waals surface area contributed by atoms with E-state index in [0.717, 1.165) is 12.0 Å².